The van der Waals surface area contributed by atoms with E-state index in [1.807, 2.05) is 0 Å². The van der Waals surface area contributed by atoms with Gasteiger partial charge in [-0.05, 0) is 43.3 Å². The van der Waals surface area contributed by atoms with Crippen molar-refractivity contribution in [1.82, 2.24) is 9.78 Å². The van der Waals surface area contributed by atoms with Gasteiger partial charge >= 0.3 is 0 Å². The lowest BCUT2D eigenvalue weighted by molar-refractivity contribution is 0.0992. The Hall–Kier alpha value is -2.71. The van der Waals surface area contributed by atoms with Gasteiger partial charge in [0.15, 0.2) is 17.3 Å². The summed E-state index contributed by atoms with van der Waals surface area (Å²) in [6.45, 7) is 1.89. The van der Waals surface area contributed by atoms with Crippen molar-refractivity contribution < 1.29 is 18.3 Å². The number of nitrogens with zero attached hydrogens (tertiary/aromatic N) is 2. The highest BCUT2D eigenvalue weighted by Gasteiger charge is 2.17. The van der Waals surface area contributed by atoms with E-state index >= 15 is 0 Å². The second-order valence-corrected chi connectivity index (χ2v) is 8.89. The van der Waals surface area contributed by atoms with Gasteiger partial charge in [-0.25, -0.2) is 4.39 Å². The van der Waals surface area contributed by atoms with Crippen molar-refractivity contribution >= 4 is 58.1 Å². The molecule has 4 rings (SSSR count). The number of carbonyl (C=O) groups excluding carboxylic acids is 1. The molecule has 0 aliphatic rings. The summed E-state index contributed by atoms with van der Waals surface area (Å²) in [7, 11) is 0. The van der Waals surface area contributed by atoms with Gasteiger partial charge in [0.2, 0.25) is 0 Å². The van der Waals surface area contributed by atoms with E-state index in [0.717, 1.165) is 0 Å². The average molecular weight is 543 g/mol. The first-order valence-corrected chi connectivity index (χ1v) is 11.4. The number of benzene rings is 2. The third kappa shape index (κ3) is 5.50. The molecule has 6 nitrogen and oxygen atoms in total. The van der Waals surface area contributed by atoms with Crippen LogP contribution in [0.5, 0.6) is 5.75 Å². The summed E-state index contributed by atoms with van der Waals surface area (Å²) in [6.07, 6.45) is 0. The predicted octanol–water partition coefficient (Wildman–Crippen LogP) is 7.42. The Kier molecular flexibility index (Phi) is 7.38. The monoisotopic (exact) mass is 541 g/mol. The molecule has 11 heteroatoms. The average Bonchev–Trinajstić information content (AvgIpc) is 3.36. The number of halogens is 5. The van der Waals surface area contributed by atoms with Gasteiger partial charge in [0.05, 0.1) is 16.6 Å². The molecular formula is C23H16Cl4FN3O3. The summed E-state index contributed by atoms with van der Waals surface area (Å²) >= 11 is 24.2. The van der Waals surface area contributed by atoms with E-state index in [9.17, 15) is 9.18 Å². The molecule has 1 amide bonds. The highest BCUT2D eigenvalue weighted by atomic mass is 35.5. The van der Waals surface area contributed by atoms with E-state index in [0.29, 0.717) is 27.1 Å². The van der Waals surface area contributed by atoms with Crippen LogP contribution < -0.4 is 10.1 Å². The predicted molar refractivity (Wildman–Crippen MR) is 130 cm³/mol. The maximum absolute atomic E-state index is 14.1. The summed E-state index contributed by atoms with van der Waals surface area (Å²) in [4.78, 5) is 12.6. The molecule has 2 aromatic heterocycles. The Morgan fingerprint density at radius 1 is 1.09 bits per heavy atom. The quantitative estimate of drug-likeness (QED) is 0.264. The van der Waals surface area contributed by atoms with Crippen LogP contribution in [0.2, 0.25) is 20.1 Å². The zero-order valence-electron chi connectivity index (χ0n) is 17.5. The van der Waals surface area contributed by atoms with Gasteiger partial charge < -0.3 is 14.5 Å². The summed E-state index contributed by atoms with van der Waals surface area (Å²) in [6, 6.07) is 12.2. The molecule has 0 saturated heterocycles. The SMILES string of the molecule is Cc1cc(NC(=O)c2ccc(COc3c(Cl)cc(Cl)cc3Cl)o2)nn1Cc1c(F)cccc1Cl. The van der Waals surface area contributed by atoms with Crippen LogP contribution in [0.1, 0.15) is 27.6 Å². The summed E-state index contributed by atoms with van der Waals surface area (Å²) in [5.74, 6) is 0.0243. The molecule has 0 spiro atoms. The lowest BCUT2D eigenvalue weighted by Crippen LogP contribution is -2.12. The number of hydrogen-bond donors (Lipinski definition) is 1. The fraction of sp³-hybridized carbons (Fsp3) is 0.130. The molecule has 0 fully saturated rings. The molecule has 2 heterocycles. The van der Waals surface area contributed by atoms with Crippen LogP contribution in [0.25, 0.3) is 0 Å². The second kappa shape index (κ2) is 10.3. The molecule has 0 bridgehead atoms. The van der Waals surface area contributed by atoms with Gasteiger partial charge in [0.25, 0.3) is 5.91 Å². The zero-order chi connectivity index (χ0) is 24.4. The molecule has 0 atom stereocenters. The smallest absolute Gasteiger partial charge is 0.292 e. The summed E-state index contributed by atoms with van der Waals surface area (Å²) in [5.41, 5.74) is 1.02. The van der Waals surface area contributed by atoms with Crippen LogP contribution >= 0.6 is 46.4 Å². The molecule has 2 aromatic carbocycles. The number of amides is 1. The Balaban J connectivity index is 1.41. The van der Waals surface area contributed by atoms with E-state index in [-0.39, 0.29) is 40.5 Å². The zero-order valence-corrected chi connectivity index (χ0v) is 20.6. The van der Waals surface area contributed by atoms with E-state index in [2.05, 4.69) is 10.4 Å². The molecule has 0 aliphatic heterocycles. The maximum Gasteiger partial charge on any atom is 0.292 e. The number of rotatable bonds is 7. The number of hydrogen-bond acceptors (Lipinski definition) is 4. The molecule has 0 radical (unpaired) electrons. The lowest BCUT2D eigenvalue weighted by Gasteiger charge is -2.09. The fourth-order valence-corrected chi connectivity index (χ4v) is 4.28. The number of aryl methyl sites for hydroxylation is 1. The highest BCUT2D eigenvalue weighted by molar-refractivity contribution is 6.40. The molecule has 0 aliphatic carbocycles. The van der Waals surface area contributed by atoms with Crippen molar-refractivity contribution in [2.75, 3.05) is 5.32 Å². The van der Waals surface area contributed by atoms with Crippen LogP contribution in [0.4, 0.5) is 10.2 Å². The number of anilines is 1. The van der Waals surface area contributed by atoms with Crippen molar-refractivity contribution in [3.05, 3.63) is 97.2 Å². The molecule has 176 valence electrons. The maximum atomic E-state index is 14.1. The minimum atomic E-state index is -0.512. The molecule has 1 N–H and O–H groups in total. The van der Waals surface area contributed by atoms with Crippen molar-refractivity contribution in [2.45, 2.75) is 20.1 Å². The second-order valence-electron chi connectivity index (χ2n) is 7.24. The molecule has 4 aromatic rings. The fourth-order valence-electron chi connectivity index (χ4n) is 3.13. The Morgan fingerprint density at radius 3 is 2.53 bits per heavy atom. The van der Waals surface area contributed by atoms with Crippen molar-refractivity contribution in [3.63, 3.8) is 0 Å². The number of ether oxygens (including phenoxy) is 1. The van der Waals surface area contributed by atoms with Crippen LogP contribution in [-0.2, 0) is 13.2 Å². The van der Waals surface area contributed by atoms with Gasteiger partial charge in [0, 0.05) is 27.4 Å². The topological polar surface area (TPSA) is 69.3 Å². The molecular weight excluding hydrogens is 527 g/mol. The number of carbonyl (C=O) groups is 1. The number of furan rings is 1. The van der Waals surface area contributed by atoms with E-state index in [4.69, 9.17) is 55.6 Å². The summed E-state index contributed by atoms with van der Waals surface area (Å²) in [5, 5.41) is 8.16. The van der Waals surface area contributed by atoms with Crippen molar-refractivity contribution in [3.8, 4) is 5.75 Å². The van der Waals surface area contributed by atoms with Crippen molar-refractivity contribution in [1.29, 1.82) is 0 Å². The van der Waals surface area contributed by atoms with Crippen molar-refractivity contribution in [2.24, 2.45) is 0 Å². The minimum Gasteiger partial charge on any atom is -0.483 e. The molecule has 34 heavy (non-hydrogen) atoms. The van der Waals surface area contributed by atoms with Crippen LogP contribution in [0, 0.1) is 12.7 Å². The Bertz CT molecular complexity index is 1330. The van der Waals surface area contributed by atoms with Gasteiger partial charge in [0.1, 0.15) is 18.2 Å². The van der Waals surface area contributed by atoms with Crippen LogP contribution in [0.15, 0.2) is 52.9 Å². The molecule has 0 unspecified atom stereocenters. The van der Waals surface area contributed by atoms with Gasteiger partial charge in [-0.1, -0.05) is 52.5 Å². The van der Waals surface area contributed by atoms with Gasteiger partial charge in [-0.2, -0.15) is 5.10 Å². The van der Waals surface area contributed by atoms with E-state index < -0.39 is 11.7 Å². The highest BCUT2D eigenvalue weighted by Crippen LogP contribution is 2.36. The van der Waals surface area contributed by atoms with Crippen LogP contribution in [0.3, 0.4) is 0 Å². The number of aromatic nitrogens is 2. The Morgan fingerprint density at radius 2 is 1.82 bits per heavy atom. The molecule has 0 saturated carbocycles. The van der Waals surface area contributed by atoms with E-state index in [1.165, 1.54) is 30.3 Å². The van der Waals surface area contributed by atoms with Gasteiger partial charge in [-0.15, -0.1) is 0 Å². The van der Waals surface area contributed by atoms with Gasteiger partial charge in [-0.3, -0.25) is 9.48 Å². The summed E-state index contributed by atoms with van der Waals surface area (Å²) < 4.78 is 26.8. The standard InChI is InChI=1S/C23H16Cl4FN3O3/c1-12-7-21(30-31(12)10-15-16(25)3-2-4-19(15)28)29-23(32)20-6-5-14(34-20)11-33-22-17(26)8-13(24)9-18(22)27/h2-9H,10-11H2,1H3,(H,29,30,32). The largest absolute Gasteiger partial charge is 0.483 e. The number of nitrogens with one attached hydrogen (secondary N) is 1. The van der Waals surface area contributed by atoms with Crippen LogP contribution in [-0.4, -0.2) is 15.7 Å². The normalized spacial score (nSPS) is 11.0. The first kappa shape index (κ1) is 24.4. The third-order valence-electron chi connectivity index (χ3n) is 4.80. The Labute approximate surface area is 214 Å². The lowest BCUT2D eigenvalue weighted by atomic mass is 10.2. The first-order valence-electron chi connectivity index (χ1n) is 9.86. The van der Waals surface area contributed by atoms with E-state index in [1.54, 1.807) is 29.8 Å². The third-order valence-corrected chi connectivity index (χ3v) is 5.93. The first-order chi connectivity index (χ1) is 16.2. The minimum absolute atomic E-state index is 0.00845.